The Morgan fingerprint density at radius 2 is 2.06 bits per heavy atom. The van der Waals surface area contributed by atoms with E-state index in [1.807, 2.05) is 0 Å². The molecule has 0 aromatic heterocycles. The molecule has 0 heterocycles. The van der Waals surface area contributed by atoms with Gasteiger partial charge in [-0.25, -0.2) is 13.1 Å². The first-order valence-corrected chi connectivity index (χ1v) is 6.70. The first-order valence-electron chi connectivity index (χ1n) is 4.06. The number of sulfonamides is 1. The van der Waals surface area contributed by atoms with Gasteiger partial charge in [0.15, 0.2) is 0 Å². The topological polar surface area (TPSA) is 72.2 Å². The molecule has 88 valence electrons. The van der Waals surface area contributed by atoms with Crippen LogP contribution in [0.5, 0.6) is 0 Å². The maximum absolute atomic E-state index is 11.7. The lowest BCUT2D eigenvalue weighted by Crippen LogP contribution is -2.32. The molecule has 1 aromatic rings. The molecule has 0 atom stereocenters. The molecule has 0 spiro atoms. The van der Waals surface area contributed by atoms with Gasteiger partial charge in [-0.2, -0.15) is 0 Å². The third-order valence-corrected chi connectivity index (χ3v) is 3.88. The number of thiocarbonyl (C=S) groups is 1. The van der Waals surface area contributed by atoms with Crippen molar-refractivity contribution < 1.29 is 8.42 Å². The van der Waals surface area contributed by atoms with Gasteiger partial charge in [-0.1, -0.05) is 35.4 Å². The van der Waals surface area contributed by atoms with E-state index in [9.17, 15) is 8.42 Å². The zero-order valence-corrected chi connectivity index (χ0v) is 11.1. The summed E-state index contributed by atoms with van der Waals surface area (Å²) >= 11 is 16.0. The Balaban J connectivity index is 3.07. The van der Waals surface area contributed by atoms with Crippen molar-refractivity contribution in [3.8, 4) is 0 Å². The molecule has 0 aliphatic heterocycles. The molecule has 0 radical (unpaired) electrons. The highest BCUT2D eigenvalue weighted by Gasteiger charge is 2.18. The predicted molar refractivity (Wildman–Crippen MR) is 68.4 cm³/mol. The van der Waals surface area contributed by atoms with E-state index < -0.39 is 10.0 Å². The van der Waals surface area contributed by atoms with Crippen LogP contribution in [0, 0.1) is 0 Å². The van der Waals surface area contributed by atoms with Gasteiger partial charge in [-0.05, 0) is 18.2 Å². The van der Waals surface area contributed by atoms with Crippen LogP contribution in [0.15, 0.2) is 23.1 Å². The fourth-order valence-electron chi connectivity index (χ4n) is 0.927. The number of nitrogens with one attached hydrogen (secondary N) is 1. The third-order valence-electron chi connectivity index (χ3n) is 1.62. The molecule has 0 amide bonds. The van der Waals surface area contributed by atoms with Crippen molar-refractivity contribution >= 4 is 50.4 Å². The minimum atomic E-state index is -3.74. The van der Waals surface area contributed by atoms with E-state index in [1.165, 1.54) is 18.2 Å². The summed E-state index contributed by atoms with van der Waals surface area (Å²) in [5, 5.41) is 0.361. The molecule has 1 rings (SSSR count). The van der Waals surface area contributed by atoms with Crippen molar-refractivity contribution in [3.05, 3.63) is 28.2 Å². The van der Waals surface area contributed by atoms with E-state index in [4.69, 9.17) is 28.9 Å². The predicted octanol–water partition coefficient (Wildman–Crippen LogP) is 1.56. The first kappa shape index (κ1) is 13.7. The Morgan fingerprint density at radius 3 is 2.62 bits per heavy atom. The van der Waals surface area contributed by atoms with Crippen molar-refractivity contribution in [2.24, 2.45) is 5.73 Å². The van der Waals surface area contributed by atoms with Crippen LogP contribution in [0.25, 0.3) is 0 Å². The Bertz CT molecular complexity index is 517. The lowest BCUT2D eigenvalue weighted by atomic mass is 10.4. The second kappa shape index (κ2) is 5.29. The Hall–Kier alpha value is -0.400. The van der Waals surface area contributed by atoms with Crippen LogP contribution < -0.4 is 10.5 Å². The molecule has 0 aliphatic carbocycles. The van der Waals surface area contributed by atoms with E-state index in [0.29, 0.717) is 0 Å². The van der Waals surface area contributed by atoms with Gasteiger partial charge in [0.1, 0.15) is 4.90 Å². The van der Waals surface area contributed by atoms with Crippen LogP contribution in [0.2, 0.25) is 10.0 Å². The van der Waals surface area contributed by atoms with Gasteiger partial charge in [-0.15, -0.1) is 0 Å². The van der Waals surface area contributed by atoms with Gasteiger partial charge in [0.25, 0.3) is 0 Å². The number of hydrogen-bond donors (Lipinski definition) is 2. The van der Waals surface area contributed by atoms with Gasteiger partial charge in [0.2, 0.25) is 10.0 Å². The van der Waals surface area contributed by atoms with Crippen LogP contribution in [0.4, 0.5) is 0 Å². The van der Waals surface area contributed by atoms with E-state index in [1.54, 1.807) is 0 Å². The zero-order chi connectivity index (χ0) is 12.3. The molecule has 4 nitrogen and oxygen atoms in total. The molecular weight excluding hydrogens is 291 g/mol. The normalized spacial score (nSPS) is 11.4. The molecule has 0 unspecified atom stereocenters. The lowest BCUT2D eigenvalue weighted by molar-refractivity contribution is 0.586. The highest BCUT2D eigenvalue weighted by molar-refractivity contribution is 7.89. The SMILES string of the molecule is NC(=S)CNS(=O)(=O)c1cc(Cl)ccc1Cl. The highest BCUT2D eigenvalue weighted by Crippen LogP contribution is 2.24. The number of nitrogens with two attached hydrogens (primary N) is 1. The van der Waals surface area contributed by atoms with Crippen molar-refractivity contribution in [2.45, 2.75) is 4.90 Å². The molecule has 3 N–H and O–H groups in total. The monoisotopic (exact) mass is 298 g/mol. The summed E-state index contributed by atoms with van der Waals surface area (Å²) in [5.41, 5.74) is 5.19. The van der Waals surface area contributed by atoms with Crippen LogP contribution in [0.1, 0.15) is 0 Å². The Labute approximate surface area is 109 Å². The Morgan fingerprint density at radius 1 is 1.44 bits per heavy atom. The quantitative estimate of drug-likeness (QED) is 0.828. The average Bonchev–Trinajstić information content (AvgIpc) is 2.19. The fraction of sp³-hybridized carbons (Fsp3) is 0.125. The van der Waals surface area contributed by atoms with Gasteiger partial charge in [-0.3, -0.25) is 0 Å². The zero-order valence-electron chi connectivity index (χ0n) is 7.91. The second-order valence-corrected chi connectivity index (χ2v) is 5.97. The molecule has 16 heavy (non-hydrogen) atoms. The summed E-state index contributed by atoms with van der Waals surface area (Å²) in [4.78, 5) is -0.0559. The smallest absolute Gasteiger partial charge is 0.242 e. The summed E-state index contributed by atoms with van der Waals surface area (Å²) < 4.78 is 25.7. The van der Waals surface area contributed by atoms with Crippen molar-refractivity contribution in [2.75, 3.05) is 6.54 Å². The molecular formula is C8H8Cl2N2O2S2. The average molecular weight is 299 g/mol. The summed E-state index contributed by atoms with van der Waals surface area (Å²) in [5.74, 6) is 0. The number of benzene rings is 1. The minimum Gasteiger partial charge on any atom is -0.392 e. The maximum Gasteiger partial charge on any atom is 0.242 e. The summed E-state index contributed by atoms with van der Waals surface area (Å²) in [6, 6.07) is 4.15. The fourth-order valence-corrected chi connectivity index (χ4v) is 2.86. The van der Waals surface area contributed by atoms with E-state index in [2.05, 4.69) is 16.9 Å². The second-order valence-electron chi connectivity index (χ2n) is 2.87. The number of rotatable bonds is 4. The van der Waals surface area contributed by atoms with Gasteiger partial charge >= 0.3 is 0 Å². The largest absolute Gasteiger partial charge is 0.392 e. The molecule has 0 bridgehead atoms. The third kappa shape index (κ3) is 3.57. The van der Waals surface area contributed by atoms with Crippen LogP contribution in [0.3, 0.4) is 0 Å². The highest BCUT2D eigenvalue weighted by atomic mass is 35.5. The van der Waals surface area contributed by atoms with Gasteiger partial charge < -0.3 is 5.73 Å². The summed E-state index contributed by atoms with van der Waals surface area (Å²) in [7, 11) is -3.74. The maximum atomic E-state index is 11.7. The molecule has 0 saturated heterocycles. The van der Waals surface area contributed by atoms with E-state index >= 15 is 0 Å². The summed E-state index contributed by atoms with van der Waals surface area (Å²) in [6.07, 6.45) is 0. The van der Waals surface area contributed by atoms with Gasteiger partial charge in [0, 0.05) is 5.02 Å². The molecule has 0 saturated carbocycles. The molecule has 0 aliphatic rings. The van der Waals surface area contributed by atoms with Crippen molar-refractivity contribution in [1.82, 2.24) is 4.72 Å². The minimum absolute atomic E-state index is 0.0433. The van der Waals surface area contributed by atoms with Crippen LogP contribution in [-0.2, 0) is 10.0 Å². The van der Waals surface area contributed by atoms with Gasteiger partial charge in [0.05, 0.1) is 16.6 Å². The summed E-state index contributed by atoms with van der Waals surface area (Å²) in [6.45, 7) is -0.124. The first-order chi connectivity index (χ1) is 7.33. The standard InChI is InChI=1S/C8H8Cl2N2O2S2/c9-5-1-2-6(10)7(3-5)16(13,14)12-4-8(11)15/h1-3,12H,4H2,(H2,11,15). The number of halogens is 2. The van der Waals surface area contributed by atoms with Crippen LogP contribution in [-0.4, -0.2) is 20.0 Å². The molecule has 1 aromatic carbocycles. The van der Waals surface area contributed by atoms with E-state index in [-0.39, 0.29) is 26.5 Å². The van der Waals surface area contributed by atoms with Crippen molar-refractivity contribution in [1.29, 1.82) is 0 Å². The van der Waals surface area contributed by atoms with E-state index in [0.717, 1.165) is 0 Å². The Kier molecular flexibility index (Phi) is 4.52. The molecule has 0 fully saturated rings. The number of hydrogen-bond acceptors (Lipinski definition) is 3. The molecule has 8 heteroatoms. The van der Waals surface area contributed by atoms with Crippen LogP contribution >= 0.6 is 35.4 Å². The van der Waals surface area contributed by atoms with Crippen molar-refractivity contribution in [3.63, 3.8) is 0 Å². The lowest BCUT2D eigenvalue weighted by Gasteiger charge is -2.07.